The van der Waals surface area contributed by atoms with Gasteiger partial charge in [0.05, 0.1) is 0 Å². The lowest BCUT2D eigenvalue weighted by Gasteiger charge is -2.18. The first-order valence-corrected chi connectivity index (χ1v) is 10.5. The van der Waals surface area contributed by atoms with Gasteiger partial charge in [-0.2, -0.15) is 4.31 Å². The van der Waals surface area contributed by atoms with Gasteiger partial charge in [0.2, 0.25) is 10.0 Å². The maximum absolute atomic E-state index is 12.8. The molecule has 0 unspecified atom stereocenters. The molecule has 3 heterocycles. The topological polar surface area (TPSA) is 101 Å². The van der Waals surface area contributed by atoms with Crippen molar-refractivity contribution < 1.29 is 8.42 Å². The predicted octanol–water partition coefficient (Wildman–Crippen LogP) is 1.89. The van der Waals surface area contributed by atoms with Crippen LogP contribution in [0.4, 0.5) is 0 Å². The van der Waals surface area contributed by atoms with Gasteiger partial charge in [-0.15, -0.1) is 0 Å². The van der Waals surface area contributed by atoms with Crippen LogP contribution in [0.3, 0.4) is 0 Å². The molecule has 0 aliphatic heterocycles. The minimum atomic E-state index is -3.59. The van der Waals surface area contributed by atoms with Crippen molar-refractivity contribution >= 4 is 10.0 Å². The first-order valence-electron chi connectivity index (χ1n) is 9.04. The number of nitrogens with one attached hydrogen (secondary N) is 1. The number of aromatic amines is 1. The fraction of sp³-hybridized carbons (Fsp3) is 0.316. The highest BCUT2D eigenvalue weighted by Gasteiger charge is 2.22. The molecule has 0 aromatic carbocycles. The van der Waals surface area contributed by atoms with E-state index in [1.807, 2.05) is 19.1 Å². The summed E-state index contributed by atoms with van der Waals surface area (Å²) in [4.78, 5) is 21.2. The molecule has 28 heavy (non-hydrogen) atoms. The third-order valence-corrected chi connectivity index (χ3v) is 6.62. The fourth-order valence-corrected chi connectivity index (χ4v) is 4.43. The van der Waals surface area contributed by atoms with E-state index in [4.69, 9.17) is 0 Å². The standard InChI is InChI=1S/C19H23N5O3S/c1-4-23(5-2)28(26,27)16-8-9-18(21-13-16)24-19(25)17(14(3)22-24)11-15-7-6-10-20-12-15/h6-10,12-13,22H,4-5,11H2,1-3H3. The molecule has 0 radical (unpaired) electrons. The largest absolute Gasteiger partial charge is 0.294 e. The Balaban J connectivity index is 1.93. The summed E-state index contributed by atoms with van der Waals surface area (Å²) in [7, 11) is -3.59. The SMILES string of the molecule is CCN(CC)S(=O)(=O)c1ccc(-n2[nH]c(C)c(Cc3cccnc3)c2=O)nc1. The number of pyridine rings is 2. The summed E-state index contributed by atoms with van der Waals surface area (Å²) in [5.74, 6) is 0.337. The van der Waals surface area contributed by atoms with Crippen molar-refractivity contribution in [1.82, 2.24) is 24.1 Å². The van der Waals surface area contributed by atoms with Crippen LogP contribution in [0, 0.1) is 6.92 Å². The van der Waals surface area contributed by atoms with E-state index >= 15 is 0 Å². The summed E-state index contributed by atoms with van der Waals surface area (Å²) in [5.41, 5.74) is 2.07. The molecule has 3 rings (SSSR count). The van der Waals surface area contributed by atoms with Gasteiger partial charge in [0.15, 0.2) is 5.82 Å². The van der Waals surface area contributed by atoms with E-state index in [0.29, 0.717) is 30.9 Å². The quantitative estimate of drug-likeness (QED) is 0.651. The van der Waals surface area contributed by atoms with Crippen LogP contribution in [0.1, 0.15) is 30.7 Å². The van der Waals surface area contributed by atoms with Crippen molar-refractivity contribution in [2.45, 2.75) is 32.1 Å². The number of hydrogen-bond acceptors (Lipinski definition) is 5. The minimum absolute atomic E-state index is 0.104. The lowest BCUT2D eigenvalue weighted by molar-refractivity contribution is 0.445. The number of rotatable bonds is 7. The summed E-state index contributed by atoms with van der Waals surface area (Å²) >= 11 is 0. The number of H-pyrrole nitrogens is 1. The predicted molar refractivity (Wildman–Crippen MR) is 106 cm³/mol. The van der Waals surface area contributed by atoms with E-state index in [9.17, 15) is 13.2 Å². The monoisotopic (exact) mass is 401 g/mol. The Kier molecular flexibility index (Phi) is 5.76. The van der Waals surface area contributed by atoms with Gasteiger partial charge in [-0.3, -0.25) is 14.9 Å². The second-order valence-corrected chi connectivity index (χ2v) is 8.27. The van der Waals surface area contributed by atoms with Gasteiger partial charge in [-0.25, -0.2) is 18.1 Å². The first-order chi connectivity index (χ1) is 13.4. The summed E-state index contributed by atoms with van der Waals surface area (Å²) in [6.45, 7) is 6.16. The molecule has 0 atom stereocenters. The maximum Gasteiger partial charge on any atom is 0.276 e. The van der Waals surface area contributed by atoms with E-state index in [-0.39, 0.29) is 10.5 Å². The van der Waals surface area contributed by atoms with Gasteiger partial charge in [0.1, 0.15) is 4.90 Å². The highest BCUT2D eigenvalue weighted by molar-refractivity contribution is 7.89. The molecule has 0 aliphatic carbocycles. The third kappa shape index (κ3) is 3.76. The van der Waals surface area contributed by atoms with Crippen molar-refractivity contribution in [1.29, 1.82) is 0 Å². The molecule has 0 aliphatic rings. The molecule has 0 saturated carbocycles. The van der Waals surface area contributed by atoms with E-state index in [0.717, 1.165) is 11.3 Å². The third-order valence-electron chi connectivity index (χ3n) is 4.59. The number of nitrogens with zero attached hydrogens (tertiary/aromatic N) is 4. The lowest BCUT2D eigenvalue weighted by Crippen LogP contribution is -2.30. The van der Waals surface area contributed by atoms with Crippen LogP contribution in [0.15, 0.2) is 52.5 Å². The van der Waals surface area contributed by atoms with Gasteiger partial charge in [0.25, 0.3) is 5.56 Å². The Morgan fingerprint density at radius 3 is 2.46 bits per heavy atom. The smallest absolute Gasteiger partial charge is 0.276 e. The van der Waals surface area contributed by atoms with Crippen LogP contribution in [0.2, 0.25) is 0 Å². The second kappa shape index (κ2) is 8.07. The van der Waals surface area contributed by atoms with Crippen molar-refractivity contribution in [3.05, 3.63) is 70.0 Å². The van der Waals surface area contributed by atoms with Crippen LogP contribution >= 0.6 is 0 Å². The Labute approximate surface area is 163 Å². The van der Waals surface area contributed by atoms with Crippen LogP contribution < -0.4 is 5.56 Å². The highest BCUT2D eigenvalue weighted by atomic mass is 32.2. The zero-order chi connectivity index (χ0) is 20.3. The summed E-state index contributed by atoms with van der Waals surface area (Å²) in [5, 5.41) is 3.01. The zero-order valence-corrected chi connectivity index (χ0v) is 16.9. The van der Waals surface area contributed by atoms with E-state index < -0.39 is 10.0 Å². The number of hydrogen-bond donors (Lipinski definition) is 1. The van der Waals surface area contributed by atoms with Gasteiger partial charge in [-0.1, -0.05) is 19.9 Å². The molecule has 148 valence electrons. The fourth-order valence-electron chi connectivity index (χ4n) is 3.03. The second-order valence-electron chi connectivity index (χ2n) is 6.34. The van der Waals surface area contributed by atoms with Gasteiger partial charge in [-0.05, 0) is 30.7 Å². The molecule has 0 fully saturated rings. The Hall–Kier alpha value is -2.78. The van der Waals surface area contributed by atoms with Gasteiger partial charge >= 0.3 is 0 Å². The van der Waals surface area contributed by atoms with Crippen LogP contribution in [0.5, 0.6) is 0 Å². The molecule has 3 aromatic heterocycles. The van der Waals surface area contributed by atoms with Crippen molar-refractivity contribution in [3.63, 3.8) is 0 Å². The Morgan fingerprint density at radius 2 is 1.89 bits per heavy atom. The zero-order valence-electron chi connectivity index (χ0n) is 16.1. The van der Waals surface area contributed by atoms with Gasteiger partial charge in [0, 0.05) is 49.4 Å². The summed E-state index contributed by atoms with van der Waals surface area (Å²) in [6, 6.07) is 6.74. The van der Waals surface area contributed by atoms with Crippen LogP contribution in [0.25, 0.3) is 5.82 Å². The molecule has 8 nitrogen and oxygen atoms in total. The number of aromatic nitrogens is 4. The Bertz CT molecular complexity index is 1100. The van der Waals surface area contributed by atoms with E-state index in [1.54, 1.807) is 26.2 Å². The molecule has 0 spiro atoms. The molecular weight excluding hydrogens is 378 g/mol. The first kappa shape index (κ1) is 20.0. The summed E-state index contributed by atoms with van der Waals surface area (Å²) < 4.78 is 27.8. The van der Waals surface area contributed by atoms with Crippen LogP contribution in [-0.2, 0) is 16.4 Å². The Morgan fingerprint density at radius 1 is 1.14 bits per heavy atom. The average molecular weight is 401 g/mol. The number of aryl methyl sites for hydroxylation is 1. The van der Waals surface area contributed by atoms with E-state index in [2.05, 4.69) is 15.1 Å². The maximum atomic E-state index is 12.8. The highest BCUT2D eigenvalue weighted by Crippen LogP contribution is 2.16. The molecule has 0 saturated heterocycles. The molecule has 1 N–H and O–H groups in total. The normalized spacial score (nSPS) is 11.9. The van der Waals surface area contributed by atoms with Crippen molar-refractivity contribution in [2.24, 2.45) is 0 Å². The van der Waals surface area contributed by atoms with Crippen LogP contribution in [-0.4, -0.2) is 45.6 Å². The minimum Gasteiger partial charge on any atom is -0.294 e. The average Bonchev–Trinajstić information content (AvgIpc) is 2.98. The molecule has 3 aromatic rings. The molecule has 0 amide bonds. The summed E-state index contributed by atoms with van der Waals surface area (Å²) in [6.07, 6.45) is 5.15. The van der Waals surface area contributed by atoms with Gasteiger partial charge < -0.3 is 0 Å². The van der Waals surface area contributed by atoms with E-state index in [1.165, 1.54) is 27.3 Å². The molecule has 0 bridgehead atoms. The molecule has 9 heteroatoms. The van der Waals surface area contributed by atoms with Crippen molar-refractivity contribution in [2.75, 3.05) is 13.1 Å². The lowest BCUT2D eigenvalue weighted by atomic mass is 10.1. The van der Waals surface area contributed by atoms with Crippen molar-refractivity contribution in [3.8, 4) is 5.82 Å². The number of sulfonamides is 1. The molecular formula is C19H23N5O3S.